The van der Waals surface area contributed by atoms with Crippen LogP contribution in [0.2, 0.25) is 0 Å². The molecule has 0 saturated heterocycles. The number of anilines is 1. The maximum Gasteiger partial charge on any atom is 0.250 e. The Labute approximate surface area is 166 Å². The Hall–Kier alpha value is -2.64. The molecule has 3 aromatic rings. The van der Waals surface area contributed by atoms with E-state index in [1.54, 1.807) is 24.9 Å². The number of methoxy groups -OCH3 is 1. The molecule has 138 valence electrons. The van der Waals surface area contributed by atoms with Gasteiger partial charge in [-0.15, -0.1) is 10.2 Å². The number of benzene rings is 2. The first-order chi connectivity index (χ1) is 13.1. The normalized spacial score (nSPS) is 10.9. The molecular formula is C20H19N3O2S2. The van der Waals surface area contributed by atoms with Gasteiger partial charge >= 0.3 is 0 Å². The van der Waals surface area contributed by atoms with Crippen molar-refractivity contribution in [3.63, 3.8) is 0 Å². The summed E-state index contributed by atoms with van der Waals surface area (Å²) in [5, 5.41) is 11.4. The van der Waals surface area contributed by atoms with Gasteiger partial charge in [-0.2, -0.15) is 0 Å². The van der Waals surface area contributed by atoms with Crippen LogP contribution in [0.25, 0.3) is 6.08 Å². The van der Waals surface area contributed by atoms with E-state index in [2.05, 4.69) is 34.6 Å². The van der Waals surface area contributed by atoms with E-state index in [-0.39, 0.29) is 5.91 Å². The fraction of sp³-hybridized carbons (Fsp3) is 0.150. The molecule has 0 unspecified atom stereocenters. The lowest BCUT2D eigenvalue weighted by Crippen LogP contribution is -2.07. The van der Waals surface area contributed by atoms with Crippen molar-refractivity contribution in [1.82, 2.24) is 10.2 Å². The molecule has 0 fully saturated rings. The summed E-state index contributed by atoms with van der Waals surface area (Å²) in [6.45, 7) is 2.09. The Morgan fingerprint density at radius 2 is 1.96 bits per heavy atom. The molecule has 1 N–H and O–H groups in total. The molecule has 0 bridgehead atoms. The second-order valence-electron chi connectivity index (χ2n) is 5.68. The molecule has 1 aromatic heterocycles. The summed E-state index contributed by atoms with van der Waals surface area (Å²) in [4.78, 5) is 12.1. The van der Waals surface area contributed by atoms with Crippen LogP contribution in [0.15, 0.2) is 58.9 Å². The summed E-state index contributed by atoms with van der Waals surface area (Å²) >= 11 is 2.98. The van der Waals surface area contributed by atoms with Gasteiger partial charge in [-0.05, 0) is 41.8 Å². The molecule has 2 aromatic carbocycles. The Morgan fingerprint density at radius 1 is 1.19 bits per heavy atom. The van der Waals surface area contributed by atoms with Crippen molar-refractivity contribution < 1.29 is 9.53 Å². The van der Waals surface area contributed by atoms with Crippen molar-refractivity contribution in [2.45, 2.75) is 17.0 Å². The Kier molecular flexibility index (Phi) is 6.62. The van der Waals surface area contributed by atoms with Gasteiger partial charge in [0.1, 0.15) is 5.75 Å². The van der Waals surface area contributed by atoms with Gasteiger partial charge in [-0.1, -0.05) is 59.5 Å². The van der Waals surface area contributed by atoms with E-state index < -0.39 is 0 Å². The highest BCUT2D eigenvalue weighted by atomic mass is 32.2. The van der Waals surface area contributed by atoms with Crippen LogP contribution in [0, 0.1) is 6.92 Å². The number of amides is 1. The lowest BCUT2D eigenvalue weighted by molar-refractivity contribution is -0.111. The highest BCUT2D eigenvalue weighted by Gasteiger charge is 2.08. The minimum absolute atomic E-state index is 0.238. The van der Waals surface area contributed by atoms with Crippen LogP contribution in [-0.4, -0.2) is 23.2 Å². The van der Waals surface area contributed by atoms with Gasteiger partial charge < -0.3 is 4.74 Å². The topological polar surface area (TPSA) is 64.1 Å². The number of aromatic nitrogens is 2. The molecule has 3 rings (SSSR count). The standard InChI is InChI=1S/C20H19N3O2S2/c1-14-5-3-4-6-16(14)13-26-20-23-22-19(27-20)21-18(24)12-9-15-7-10-17(25-2)11-8-15/h3-12H,13H2,1-2H3,(H,21,22,24)/b12-9+. The molecule has 0 saturated carbocycles. The minimum atomic E-state index is -0.238. The van der Waals surface area contributed by atoms with Crippen LogP contribution in [0.4, 0.5) is 5.13 Å². The van der Waals surface area contributed by atoms with Gasteiger partial charge in [0.25, 0.3) is 0 Å². The van der Waals surface area contributed by atoms with Gasteiger partial charge in [0.05, 0.1) is 7.11 Å². The van der Waals surface area contributed by atoms with Gasteiger partial charge in [-0.25, -0.2) is 0 Å². The highest BCUT2D eigenvalue weighted by molar-refractivity contribution is 8.00. The molecule has 0 aliphatic rings. The SMILES string of the molecule is COc1ccc(/C=C/C(=O)Nc2nnc(SCc3ccccc3C)s2)cc1. The van der Waals surface area contributed by atoms with E-state index in [1.807, 2.05) is 36.4 Å². The number of thioether (sulfide) groups is 1. The van der Waals surface area contributed by atoms with Crippen LogP contribution in [0.1, 0.15) is 16.7 Å². The summed E-state index contributed by atoms with van der Waals surface area (Å²) in [5.74, 6) is 1.37. The number of ether oxygens (including phenoxy) is 1. The monoisotopic (exact) mass is 397 g/mol. The summed E-state index contributed by atoms with van der Waals surface area (Å²) in [5.41, 5.74) is 3.44. The van der Waals surface area contributed by atoms with Crippen molar-refractivity contribution >= 4 is 40.2 Å². The molecule has 0 spiro atoms. The Morgan fingerprint density at radius 3 is 2.70 bits per heavy atom. The number of aryl methyl sites for hydroxylation is 1. The van der Waals surface area contributed by atoms with E-state index >= 15 is 0 Å². The van der Waals surface area contributed by atoms with Crippen LogP contribution < -0.4 is 10.1 Å². The summed E-state index contributed by atoms with van der Waals surface area (Å²) in [7, 11) is 1.62. The third-order valence-corrected chi connectivity index (χ3v) is 5.81. The average molecular weight is 398 g/mol. The van der Waals surface area contributed by atoms with E-state index in [1.165, 1.54) is 28.5 Å². The zero-order valence-corrected chi connectivity index (χ0v) is 16.6. The zero-order chi connectivity index (χ0) is 19.1. The number of carbonyl (C=O) groups excluding carboxylic acids is 1. The smallest absolute Gasteiger partial charge is 0.250 e. The number of nitrogens with one attached hydrogen (secondary N) is 1. The third-order valence-electron chi connectivity index (χ3n) is 3.79. The summed E-state index contributed by atoms with van der Waals surface area (Å²) in [6, 6.07) is 15.7. The average Bonchev–Trinajstić information content (AvgIpc) is 3.13. The number of hydrogen-bond donors (Lipinski definition) is 1. The van der Waals surface area contributed by atoms with Crippen molar-refractivity contribution in [1.29, 1.82) is 0 Å². The fourth-order valence-corrected chi connectivity index (χ4v) is 4.10. The van der Waals surface area contributed by atoms with Crippen molar-refractivity contribution in [2.75, 3.05) is 12.4 Å². The molecule has 7 heteroatoms. The highest BCUT2D eigenvalue weighted by Crippen LogP contribution is 2.29. The van der Waals surface area contributed by atoms with Gasteiger partial charge in [0, 0.05) is 11.8 Å². The summed E-state index contributed by atoms with van der Waals surface area (Å²) in [6.07, 6.45) is 3.22. The molecule has 0 atom stereocenters. The number of hydrogen-bond acceptors (Lipinski definition) is 6. The van der Waals surface area contributed by atoms with Crippen LogP contribution in [-0.2, 0) is 10.5 Å². The summed E-state index contributed by atoms with van der Waals surface area (Å²) < 4.78 is 5.94. The predicted molar refractivity (Wildman–Crippen MR) is 111 cm³/mol. The number of rotatable bonds is 7. The molecule has 1 amide bonds. The molecular weight excluding hydrogens is 378 g/mol. The van der Waals surface area contributed by atoms with E-state index in [0.29, 0.717) is 5.13 Å². The van der Waals surface area contributed by atoms with Crippen molar-refractivity contribution in [3.05, 3.63) is 71.3 Å². The largest absolute Gasteiger partial charge is 0.497 e. The molecule has 0 aliphatic carbocycles. The number of carbonyl (C=O) groups is 1. The maximum absolute atomic E-state index is 12.1. The molecule has 1 heterocycles. The molecule has 5 nitrogen and oxygen atoms in total. The van der Waals surface area contributed by atoms with Gasteiger partial charge in [-0.3, -0.25) is 10.1 Å². The zero-order valence-electron chi connectivity index (χ0n) is 15.0. The Bertz CT molecular complexity index is 936. The van der Waals surface area contributed by atoms with Crippen molar-refractivity contribution in [3.8, 4) is 5.75 Å². The molecule has 27 heavy (non-hydrogen) atoms. The van der Waals surface area contributed by atoms with Crippen LogP contribution in [0.3, 0.4) is 0 Å². The fourth-order valence-electron chi connectivity index (χ4n) is 2.26. The van der Waals surface area contributed by atoms with E-state index in [9.17, 15) is 4.79 Å². The second-order valence-corrected chi connectivity index (χ2v) is 7.88. The van der Waals surface area contributed by atoms with Crippen LogP contribution in [0.5, 0.6) is 5.75 Å². The maximum atomic E-state index is 12.1. The first-order valence-corrected chi connectivity index (χ1v) is 10.1. The van der Waals surface area contributed by atoms with E-state index in [4.69, 9.17) is 4.74 Å². The number of nitrogens with zero attached hydrogens (tertiary/aromatic N) is 2. The molecule has 0 radical (unpaired) electrons. The van der Waals surface area contributed by atoms with Gasteiger partial charge in [0.15, 0.2) is 4.34 Å². The predicted octanol–water partition coefficient (Wildman–Crippen LogP) is 4.80. The van der Waals surface area contributed by atoms with E-state index in [0.717, 1.165) is 21.4 Å². The van der Waals surface area contributed by atoms with Gasteiger partial charge in [0.2, 0.25) is 11.0 Å². The first kappa shape index (κ1) is 19.1. The third kappa shape index (κ3) is 5.67. The van der Waals surface area contributed by atoms with Crippen LogP contribution >= 0.6 is 23.1 Å². The minimum Gasteiger partial charge on any atom is -0.497 e. The van der Waals surface area contributed by atoms with Crippen molar-refractivity contribution in [2.24, 2.45) is 0 Å². The first-order valence-electron chi connectivity index (χ1n) is 8.28. The lowest BCUT2D eigenvalue weighted by Gasteiger charge is -2.02. The Balaban J connectivity index is 1.52. The lowest BCUT2D eigenvalue weighted by atomic mass is 10.1. The second kappa shape index (κ2) is 9.34. The quantitative estimate of drug-likeness (QED) is 0.352. The molecule has 0 aliphatic heterocycles.